The van der Waals surface area contributed by atoms with E-state index in [1.807, 2.05) is 0 Å². The molecule has 3 heteroatoms. The molecule has 0 spiro atoms. The summed E-state index contributed by atoms with van der Waals surface area (Å²) in [5.74, 6) is 1.96. The smallest absolute Gasteiger partial charge is 0.194 e. The van der Waals surface area contributed by atoms with Crippen molar-refractivity contribution in [2.75, 3.05) is 13.1 Å². The summed E-state index contributed by atoms with van der Waals surface area (Å²) in [6.45, 7) is 8.86. The van der Waals surface area contributed by atoms with Crippen LogP contribution in [0.3, 0.4) is 0 Å². The average Bonchev–Trinajstić information content (AvgIpc) is 2.47. The molecule has 2 atom stereocenters. The Balaban J connectivity index is 1.99. The van der Waals surface area contributed by atoms with Crippen molar-refractivity contribution in [3.63, 3.8) is 0 Å². The summed E-state index contributed by atoms with van der Waals surface area (Å²) in [6, 6.07) is 1.18. The minimum atomic E-state index is 0.490. The van der Waals surface area contributed by atoms with Gasteiger partial charge < -0.3 is 10.2 Å². The summed E-state index contributed by atoms with van der Waals surface area (Å²) in [4.78, 5) is 7.05. The molecule has 2 unspecified atom stereocenters. The van der Waals surface area contributed by atoms with Gasteiger partial charge in [0.15, 0.2) is 5.96 Å². The van der Waals surface area contributed by atoms with Crippen LogP contribution < -0.4 is 5.32 Å². The third-order valence-electron chi connectivity index (χ3n) is 3.08. The van der Waals surface area contributed by atoms with Crippen LogP contribution in [0.1, 0.15) is 33.6 Å². The first kappa shape index (κ1) is 9.81. The van der Waals surface area contributed by atoms with Crippen molar-refractivity contribution in [1.29, 1.82) is 0 Å². The Bertz CT molecular complexity index is 235. The van der Waals surface area contributed by atoms with Gasteiger partial charge >= 0.3 is 0 Å². The van der Waals surface area contributed by atoms with Crippen LogP contribution in [0.15, 0.2) is 4.99 Å². The van der Waals surface area contributed by atoms with Gasteiger partial charge in [0.25, 0.3) is 0 Å². The molecule has 0 aliphatic carbocycles. The van der Waals surface area contributed by atoms with E-state index in [1.54, 1.807) is 0 Å². The van der Waals surface area contributed by atoms with Crippen LogP contribution in [0.4, 0.5) is 0 Å². The van der Waals surface area contributed by atoms with Gasteiger partial charge in [0.2, 0.25) is 0 Å². The van der Waals surface area contributed by atoms with Gasteiger partial charge in [0, 0.05) is 12.6 Å². The van der Waals surface area contributed by atoms with E-state index < -0.39 is 0 Å². The minimum Gasteiger partial charge on any atom is -0.354 e. The van der Waals surface area contributed by atoms with Crippen molar-refractivity contribution in [3.8, 4) is 0 Å². The number of fused-ring (bicyclic) bond motifs is 1. The Hall–Kier alpha value is -0.730. The van der Waals surface area contributed by atoms with Crippen LogP contribution >= 0.6 is 0 Å². The molecule has 14 heavy (non-hydrogen) atoms. The maximum atomic E-state index is 4.59. The first-order valence-electron chi connectivity index (χ1n) is 5.74. The molecule has 2 aliphatic heterocycles. The maximum absolute atomic E-state index is 4.59. The molecular formula is C11H21N3. The summed E-state index contributed by atoms with van der Waals surface area (Å²) >= 11 is 0. The number of guanidine groups is 1. The highest BCUT2D eigenvalue weighted by molar-refractivity contribution is 5.82. The monoisotopic (exact) mass is 195 g/mol. The number of hydrogen-bond acceptors (Lipinski definition) is 3. The van der Waals surface area contributed by atoms with Gasteiger partial charge in [-0.2, -0.15) is 0 Å². The standard InChI is InChI=1S/C11H21N3/c1-8(2)13-11-12-6-10-5-4-9(3)7-14(10)11/h8-10H,4-7H2,1-3H3,(H,12,13). The van der Waals surface area contributed by atoms with Gasteiger partial charge in [0.05, 0.1) is 12.6 Å². The molecule has 2 heterocycles. The lowest BCUT2D eigenvalue weighted by Gasteiger charge is -2.36. The second kappa shape index (κ2) is 3.79. The van der Waals surface area contributed by atoms with Gasteiger partial charge in [-0.15, -0.1) is 0 Å². The second-order valence-electron chi connectivity index (χ2n) is 4.95. The van der Waals surface area contributed by atoms with E-state index in [0.717, 1.165) is 18.4 Å². The zero-order chi connectivity index (χ0) is 10.1. The lowest BCUT2D eigenvalue weighted by molar-refractivity contribution is 0.210. The molecule has 0 amide bonds. The molecule has 2 rings (SSSR count). The lowest BCUT2D eigenvalue weighted by atomic mass is 9.95. The predicted molar refractivity (Wildman–Crippen MR) is 59.5 cm³/mol. The van der Waals surface area contributed by atoms with Gasteiger partial charge in [-0.3, -0.25) is 4.99 Å². The summed E-state index contributed by atoms with van der Waals surface area (Å²) in [6.07, 6.45) is 2.68. The molecule has 3 nitrogen and oxygen atoms in total. The van der Waals surface area contributed by atoms with Crippen LogP contribution in [0.2, 0.25) is 0 Å². The molecule has 0 saturated carbocycles. The summed E-state index contributed by atoms with van der Waals surface area (Å²) < 4.78 is 0. The maximum Gasteiger partial charge on any atom is 0.194 e. The van der Waals surface area contributed by atoms with Crippen molar-refractivity contribution in [3.05, 3.63) is 0 Å². The van der Waals surface area contributed by atoms with Crippen LogP contribution in [0.25, 0.3) is 0 Å². The molecule has 0 aromatic carbocycles. The van der Waals surface area contributed by atoms with Crippen molar-refractivity contribution in [1.82, 2.24) is 10.2 Å². The Kier molecular flexibility index (Phi) is 2.66. The van der Waals surface area contributed by atoms with Crippen LogP contribution in [-0.4, -0.2) is 36.0 Å². The number of rotatable bonds is 1. The predicted octanol–water partition coefficient (Wildman–Crippen LogP) is 1.45. The number of piperidine rings is 1. The fraction of sp³-hybridized carbons (Fsp3) is 0.909. The molecule has 80 valence electrons. The van der Waals surface area contributed by atoms with Crippen molar-refractivity contribution >= 4 is 5.96 Å². The van der Waals surface area contributed by atoms with Crippen LogP contribution in [-0.2, 0) is 0 Å². The first-order chi connectivity index (χ1) is 6.66. The largest absolute Gasteiger partial charge is 0.354 e. The lowest BCUT2D eigenvalue weighted by Crippen LogP contribution is -2.49. The number of nitrogens with one attached hydrogen (secondary N) is 1. The molecular weight excluding hydrogens is 174 g/mol. The Morgan fingerprint density at radius 2 is 2.21 bits per heavy atom. The molecule has 2 aliphatic rings. The Labute approximate surface area is 86.6 Å². The number of aliphatic imine (C=N–C) groups is 1. The third-order valence-corrected chi connectivity index (χ3v) is 3.08. The molecule has 0 bridgehead atoms. The van der Waals surface area contributed by atoms with E-state index in [4.69, 9.17) is 0 Å². The zero-order valence-corrected chi connectivity index (χ0v) is 9.45. The minimum absolute atomic E-state index is 0.490. The van der Waals surface area contributed by atoms with Crippen molar-refractivity contribution in [2.45, 2.75) is 45.7 Å². The molecule has 1 fully saturated rings. The summed E-state index contributed by atoms with van der Waals surface area (Å²) in [7, 11) is 0. The number of nitrogens with zero attached hydrogens (tertiary/aromatic N) is 2. The third kappa shape index (κ3) is 1.86. The Morgan fingerprint density at radius 1 is 1.43 bits per heavy atom. The van der Waals surface area contributed by atoms with E-state index in [0.29, 0.717) is 12.1 Å². The molecule has 0 aromatic heterocycles. The van der Waals surface area contributed by atoms with Crippen LogP contribution in [0.5, 0.6) is 0 Å². The van der Waals surface area contributed by atoms with E-state index >= 15 is 0 Å². The second-order valence-corrected chi connectivity index (χ2v) is 4.95. The SMILES string of the molecule is CC1CCC2CN=C(NC(C)C)N2C1. The summed E-state index contributed by atoms with van der Waals surface area (Å²) in [5, 5.41) is 3.44. The average molecular weight is 195 g/mol. The van der Waals surface area contributed by atoms with E-state index in [-0.39, 0.29) is 0 Å². The van der Waals surface area contributed by atoms with Gasteiger partial charge in [-0.1, -0.05) is 6.92 Å². The molecule has 0 radical (unpaired) electrons. The van der Waals surface area contributed by atoms with E-state index in [1.165, 1.54) is 19.4 Å². The topological polar surface area (TPSA) is 27.6 Å². The first-order valence-corrected chi connectivity index (χ1v) is 5.74. The van der Waals surface area contributed by atoms with E-state index in [2.05, 4.69) is 36.0 Å². The fourth-order valence-electron chi connectivity index (χ4n) is 2.33. The highest BCUT2D eigenvalue weighted by Crippen LogP contribution is 2.25. The summed E-state index contributed by atoms with van der Waals surface area (Å²) in [5.41, 5.74) is 0. The van der Waals surface area contributed by atoms with E-state index in [9.17, 15) is 0 Å². The zero-order valence-electron chi connectivity index (χ0n) is 9.45. The number of hydrogen-bond donors (Lipinski definition) is 1. The van der Waals surface area contributed by atoms with Crippen molar-refractivity contribution < 1.29 is 0 Å². The Morgan fingerprint density at radius 3 is 2.93 bits per heavy atom. The van der Waals surface area contributed by atoms with Gasteiger partial charge in [-0.05, 0) is 32.6 Å². The van der Waals surface area contributed by atoms with Gasteiger partial charge in [0.1, 0.15) is 0 Å². The van der Waals surface area contributed by atoms with Gasteiger partial charge in [-0.25, -0.2) is 0 Å². The van der Waals surface area contributed by atoms with Crippen molar-refractivity contribution in [2.24, 2.45) is 10.9 Å². The quantitative estimate of drug-likeness (QED) is 0.686. The molecule has 0 aromatic rings. The molecule has 1 N–H and O–H groups in total. The highest BCUT2D eigenvalue weighted by Gasteiger charge is 2.32. The highest BCUT2D eigenvalue weighted by atomic mass is 15.4. The molecule has 1 saturated heterocycles. The van der Waals surface area contributed by atoms with Crippen LogP contribution in [0, 0.1) is 5.92 Å². The normalized spacial score (nSPS) is 31.7. The fourth-order valence-corrected chi connectivity index (χ4v) is 2.33.